The fourth-order valence-corrected chi connectivity index (χ4v) is 2.76. The van der Waals surface area contributed by atoms with Crippen LogP contribution in [0, 0.1) is 11.3 Å². The van der Waals surface area contributed by atoms with Gasteiger partial charge in [0.2, 0.25) is 0 Å². The van der Waals surface area contributed by atoms with E-state index in [2.05, 4.69) is 6.07 Å². The SMILES string of the molecule is COCc1cccc([C@H]2[C@H](C(=O)O)C2(C)C)c1. The molecule has 3 heteroatoms. The molecule has 0 spiro atoms. The molecule has 0 amide bonds. The quantitative estimate of drug-likeness (QED) is 0.871. The molecule has 0 radical (unpaired) electrons. The summed E-state index contributed by atoms with van der Waals surface area (Å²) in [5, 5.41) is 9.17. The Morgan fingerprint density at radius 3 is 2.71 bits per heavy atom. The van der Waals surface area contributed by atoms with Crippen LogP contribution >= 0.6 is 0 Å². The fraction of sp³-hybridized carbons (Fsp3) is 0.500. The molecule has 0 bridgehead atoms. The highest BCUT2D eigenvalue weighted by atomic mass is 16.5. The molecule has 1 saturated carbocycles. The number of hydrogen-bond acceptors (Lipinski definition) is 2. The van der Waals surface area contributed by atoms with Gasteiger partial charge in [0.15, 0.2) is 0 Å². The largest absolute Gasteiger partial charge is 0.481 e. The van der Waals surface area contributed by atoms with Crippen LogP contribution < -0.4 is 0 Å². The van der Waals surface area contributed by atoms with Crippen molar-refractivity contribution < 1.29 is 14.6 Å². The monoisotopic (exact) mass is 234 g/mol. The van der Waals surface area contributed by atoms with E-state index in [0.29, 0.717) is 6.61 Å². The van der Waals surface area contributed by atoms with Gasteiger partial charge in [0.25, 0.3) is 0 Å². The van der Waals surface area contributed by atoms with Crippen LogP contribution in [0.1, 0.15) is 30.9 Å². The minimum absolute atomic E-state index is 0.122. The molecule has 1 aromatic rings. The molecule has 2 atom stereocenters. The summed E-state index contributed by atoms with van der Waals surface area (Å²) in [7, 11) is 1.66. The van der Waals surface area contributed by atoms with Gasteiger partial charge in [0.05, 0.1) is 12.5 Å². The molecule has 1 N–H and O–H groups in total. The van der Waals surface area contributed by atoms with Gasteiger partial charge < -0.3 is 9.84 Å². The molecule has 92 valence electrons. The number of carbonyl (C=O) groups is 1. The highest BCUT2D eigenvalue weighted by Crippen LogP contribution is 2.64. The first kappa shape index (κ1) is 12.1. The van der Waals surface area contributed by atoms with Crippen LogP contribution in [0.3, 0.4) is 0 Å². The molecule has 17 heavy (non-hydrogen) atoms. The van der Waals surface area contributed by atoms with Gasteiger partial charge in [-0.2, -0.15) is 0 Å². The van der Waals surface area contributed by atoms with Crippen molar-refractivity contribution in [3.8, 4) is 0 Å². The summed E-state index contributed by atoms with van der Waals surface area (Å²) in [6.07, 6.45) is 0. The van der Waals surface area contributed by atoms with Crippen molar-refractivity contribution in [3.05, 3.63) is 35.4 Å². The summed E-state index contributed by atoms with van der Waals surface area (Å²) in [5.41, 5.74) is 2.06. The third-order valence-corrected chi connectivity index (χ3v) is 3.71. The second-order valence-electron chi connectivity index (χ2n) is 5.29. The second kappa shape index (κ2) is 4.15. The molecular formula is C14H18O3. The molecule has 0 aromatic heterocycles. The number of rotatable bonds is 4. The average Bonchev–Trinajstić information content (AvgIpc) is 2.83. The van der Waals surface area contributed by atoms with Crippen molar-refractivity contribution in [2.75, 3.05) is 7.11 Å². The summed E-state index contributed by atoms with van der Waals surface area (Å²) < 4.78 is 5.09. The number of hydrogen-bond donors (Lipinski definition) is 1. The third-order valence-electron chi connectivity index (χ3n) is 3.71. The van der Waals surface area contributed by atoms with E-state index in [9.17, 15) is 4.79 Å². The standard InChI is InChI=1S/C14H18O3/c1-14(2)11(12(14)13(15)16)10-6-4-5-9(7-10)8-17-3/h4-7,11-12H,8H2,1-3H3,(H,15,16)/t11-,12+/m0/s1. The van der Waals surface area contributed by atoms with Crippen LogP contribution in [0.5, 0.6) is 0 Å². The lowest BCUT2D eigenvalue weighted by atomic mass is 10.0. The Bertz CT molecular complexity index is 437. The maximum Gasteiger partial charge on any atom is 0.307 e. The lowest BCUT2D eigenvalue weighted by Gasteiger charge is -2.05. The van der Waals surface area contributed by atoms with E-state index in [1.807, 2.05) is 32.0 Å². The van der Waals surface area contributed by atoms with Crippen molar-refractivity contribution in [3.63, 3.8) is 0 Å². The Hall–Kier alpha value is -1.35. The van der Waals surface area contributed by atoms with Gasteiger partial charge in [-0.15, -0.1) is 0 Å². The topological polar surface area (TPSA) is 46.5 Å². The highest BCUT2D eigenvalue weighted by molar-refractivity contribution is 5.77. The van der Waals surface area contributed by atoms with Crippen molar-refractivity contribution in [2.24, 2.45) is 11.3 Å². The summed E-state index contributed by atoms with van der Waals surface area (Å²) in [6, 6.07) is 8.03. The third kappa shape index (κ3) is 2.07. The van der Waals surface area contributed by atoms with Gasteiger partial charge in [0.1, 0.15) is 0 Å². The van der Waals surface area contributed by atoms with Gasteiger partial charge >= 0.3 is 5.97 Å². The predicted molar refractivity (Wildman–Crippen MR) is 64.8 cm³/mol. The van der Waals surface area contributed by atoms with Gasteiger partial charge in [-0.3, -0.25) is 4.79 Å². The van der Waals surface area contributed by atoms with E-state index in [1.54, 1.807) is 7.11 Å². The maximum absolute atomic E-state index is 11.1. The Morgan fingerprint density at radius 1 is 1.47 bits per heavy atom. The van der Waals surface area contributed by atoms with Gasteiger partial charge in [-0.1, -0.05) is 38.1 Å². The van der Waals surface area contributed by atoms with Crippen LogP contribution in [-0.2, 0) is 16.1 Å². The minimum atomic E-state index is -0.697. The zero-order valence-corrected chi connectivity index (χ0v) is 10.4. The number of aliphatic carboxylic acids is 1. The van der Waals surface area contributed by atoms with Crippen LogP contribution in [0.4, 0.5) is 0 Å². The van der Waals surface area contributed by atoms with E-state index in [1.165, 1.54) is 0 Å². The Kier molecular flexibility index (Phi) is 2.96. The predicted octanol–water partition coefficient (Wildman–Crippen LogP) is 2.66. The molecular weight excluding hydrogens is 216 g/mol. The molecule has 3 nitrogen and oxygen atoms in total. The van der Waals surface area contributed by atoms with E-state index in [4.69, 9.17) is 9.84 Å². The lowest BCUT2D eigenvalue weighted by Crippen LogP contribution is -2.03. The molecule has 2 rings (SSSR count). The normalized spacial score (nSPS) is 25.6. The average molecular weight is 234 g/mol. The van der Waals surface area contributed by atoms with Crippen molar-refractivity contribution in [2.45, 2.75) is 26.4 Å². The van der Waals surface area contributed by atoms with Gasteiger partial charge in [0, 0.05) is 13.0 Å². The molecule has 1 aromatic carbocycles. The molecule has 1 aliphatic carbocycles. The molecule has 1 fully saturated rings. The van der Waals surface area contributed by atoms with E-state index < -0.39 is 5.97 Å². The van der Waals surface area contributed by atoms with Gasteiger partial charge in [-0.05, 0) is 16.5 Å². The first-order valence-electron chi connectivity index (χ1n) is 5.79. The van der Waals surface area contributed by atoms with Crippen LogP contribution in [0.15, 0.2) is 24.3 Å². The molecule has 0 unspecified atom stereocenters. The fourth-order valence-electron chi connectivity index (χ4n) is 2.76. The number of carboxylic acid groups (broad SMARTS) is 1. The Labute approximate surface area is 101 Å². The molecule has 1 aliphatic rings. The van der Waals surface area contributed by atoms with E-state index in [0.717, 1.165) is 11.1 Å². The first-order chi connectivity index (χ1) is 7.98. The lowest BCUT2D eigenvalue weighted by molar-refractivity contribution is -0.139. The highest BCUT2D eigenvalue weighted by Gasteiger charge is 2.62. The summed E-state index contributed by atoms with van der Waals surface area (Å²) >= 11 is 0. The maximum atomic E-state index is 11.1. The van der Waals surface area contributed by atoms with Crippen molar-refractivity contribution >= 4 is 5.97 Å². The number of ether oxygens (including phenoxy) is 1. The van der Waals surface area contributed by atoms with Crippen molar-refractivity contribution in [1.82, 2.24) is 0 Å². The second-order valence-corrected chi connectivity index (χ2v) is 5.29. The Morgan fingerprint density at radius 2 is 2.18 bits per heavy atom. The molecule has 0 aliphatic heterocycles. The molecule has 0 saturated heterocycles. The molecule has 0 heterocycles. The van der Waals surface area contributed by atoms with E-state index >= 15 is 0 Å². The van der Waals surface area contributed by atoms with Gasteiger partial charge in [-0.25, -0.2) is 0 Å². The summed E-state index contributed by atoms with van der Waals surface area (Å²) in [6.45, 7) is 4.59. The number of benzene rings is 1. The number of carboxylic acids is 1. The van der Waals surface area contributed by atoms with Crippen LogP contribution in [0.2, 0.25) is 0 Å². The summed E-state index contributed by atoms with van der Waals surface area (Å²) in [4.78, 5) is 11.1. The van der Waals surface area contributed by atoms with E-state index in [-0.39, 0.29) is 17.3 Å². The summed E-state index contributed by atoms with van der Waals surface area (Å²) in [5.74, 6) is -0.839. The van der Waals surface area contributed by atoms with Crippen LogP contribution in [0.25, 0.3) is 0 Å². The smallest absolute Gasteiger partial charge is 0.307 e. The van der Waals surface area contributed by atoms with Crippen molar-refractivity contribution in [1.29, 1.82) is 0 Å². The Balaban J connectivity index is 2.24. The number of methoxy groups -OCH3 is 1. The zero-order valence-electron chi connectivity index (χ0n) is 10.4. The zero-order chi connectivity index (χ0) is 12.6. The first-order valence-corrected chi connectivity index (χ1v) is 5.79. The van der Waals surface area contributed by atoms with Crippen LogP contribution in [-0.4, -0.2) is 18.2 Å². The minimum Gasteiger partial charge on any atom is -0.481 e.